The topological polar surface area (TPSA) is 70.2 Å². The molecule has 0 aliphatic heterocycles. The average molecular weight is 279 g/mol. The maximum atomic E-state index is 11.8. The van der Waals surface area contributed by atoms with Crippen molar-refractivity contribution in [1.82, 2.24) is 14.9 Å². The van der Waals surface area contributed by atoms with E-state index in [1.807, 2.05) is 19.9 Å². The summed E-state index contributed by atoms with van der Waals surface area (Å²) >= 11 is 0. The fraction of sp³-hybridized carbons (Fsp3) is 0.643. The summed E-state index contributed by atoms with van der Waals surface area (Å²) in [6, 6.07) is 1.84. The van der Waals surface area contributed by atoms with Gasteiger partial charge < -0.3 is 15.5 Å². The summed E-state index contributed by atoms with van der Waals surface area (Å²) in [5.41, 5.74) is 0. The molecular formula is C14H25N5O. The average Bonchev–Trinajstić information content (AvgIpc) is 2.49. The molecule has 0 saturated heterocycles. The summed E-state index contributed by atoms with van der Waals surface area (Å²) < 4.78 is 0. The third-order valence-corrected chi connectivity index (χ3v) is 2.97. The van der Waals surface area contributed by atoms with Gasteiger partial charge in [-0.05, 0) is 13.3 Å². The van der Waals surface area contributed by atoms with Crippen LogP contribution in [0.2, 0.25) is 0 Å². The standard InChI is InChI=1S/C14H25N5O/c1-5-8-15-12-9-13(18-11(6-2)17-12)16-10-14(20)19(4)7-3/h9H,5-8,10H2,1-4H3,(H2,15,16,17,18). The van der Waals surface area contributed by atoms with E-state index in [1.54, 1.807) is 11.9 Å². The number of nitrogens with one attached hydrogen (secondary N) is 2. The Labute approximate surface area is 121 Å². The lowest BCUT2D eigenvalue weighted by Crippen LogP contribution is -2.32. The van der Waals surface area contributed by atoms with Crippen LogP contribution in [0.15, 0.2) is 6.07 Å². The molecule has 2 N–H and O–H groups in total. The van der Waals surface area contributed by atoms with Crippen molar-refractivity contribution in [2.24, 2.45) is 0 Å². The van der Waals surface area contributed by atoms with Crippen molar-refractivity contribution in [3.05, 3.63) is 11.9 Å². The third kappa shape index (κ3) is 5.03. The largest absolute Gasteiger partial charge is 0.370 e. The van der Waals surface area contributed by atoms with Gasteiger partial charge in [-0.3, -0.25) is 4.79 Å². The minimum atomic E-state index is 0.0484. The highest BCUT2D eigenvalue weighted by Crippen LogP contribution is 2.11. The Morgan fingerprint density at radius 1 is 1.20 bits per heavy atom. The smallest absolute Gasteiger partial charge is 0.241 e. The molecule has 1 rings (SSSR count). The summed E-state index contributed by atoms with van der Waals surface area (Å²) in [7, 11) is 1.79. The van der Waals surface area contributed by atoms with Crippen molar-refractivity contribution >= 4 is 17.5 Å². The van der Waals surface area contributed by atoms with Crippen LogP contribution >= 0.6 is 0 Å². The van der Waals surface area contributed by atoms with Gasteiger partial charge in [0, 0.05) is 32.6 Å². The van der Waals surface area contributed by atoms with E-state index in [1.165, 1.54) is 0 Å². The molecule has 112 valence electrons. The molecule has 1 heterocycles. The molecule has 20 heavy (non-hydrogen) atoms. The van der Waals surface area contributed by atoms with Crippen molar-refractivity contribution in [1.29, 1.82) is 0 Å². The molecule has 1 amide bonds. The van der Waals surface area contributed by atoms with E-state index in [2.05, 4.69) is 27.5 Å². The quantitative estimate of drug-likeness (QED) is 0.758. The molecule has 0 radical (unpaired) electrons. The van der Waals surface area contributed by atoms with E-state index in [0.29, 0.717) is 12.4 Å². The first kappa shape index (κ1) is 16.2. The highest BCUT2D eigenvalue weighted by atomic mass is 16.2. The number of carbonyl (C=O) groups is 1. The molecule has 0 saturated carbocycles. The minimum Gasteiger partial charge on any atom is -0.370 e. The van der Waals surface area contributed by atoms with Gasteiger partial charge in [-0.1, -0.05) is 13.8 Å². The molecule has 0 fully saturated rings. The third-order valence-electron chi connectivity index (χ3n) is 2.97. The van der Waals surface area contributed by atoms with Crippen LogP contribution in [-0.2, 0) is 11.2 Å². The first-order valence-electron chi connectivity index (χ1n) is 7.20. The van der Waals surface area contributed by atoms with E-state index in [0.717, 1.165) is 31.0 Å². The van der Waals surface area contributed by atoms with Crippen LogP contribution in [0.3, 0.4) is 0 Å². The van der Waals surface area contributed by atoms with Gasteiger partial charge in [0.15, 0.2) is 0 Å². The Morgan fingerprint density at radius 3 is 2.40 bits per heavy atom. The molecule has 0 unspecified atom stereocenters. The molecule has 1 aromatic heterocycles. The molecule has 6 heteroatoms. The lowest BCUT2D eigenvalue weighted by atomic mass is 10.4. The molecule has 0 spiro atoms. The van der Waals surface area contributed by atoms with Crippen molar-refractivity contribution < 1.29 is 4.79 Å². The summed E-state index contributed by atoms with van der Waals surface area (Å²) in [5, 5.41) is 6.31. The normalized spacial score (nSPS) is 10.2. The number of aromatic nitrogens is 2. The molecule has 0 aromatic carbocycles. The number of carbonyl (C=O) groups excluding carboxylic acids is 1. The number of aryl methyl sites for hydroxylation is 1. The summed E-state index contributed by atoms with van der Waals surface area (Å²) in [6.07, 6.45) is 1.80. The molecule has 1 aromatic rings. The van der Waals surface area contributed by atoms with E-state index in [4.69, 9.17) is 0 Å². The van der Waals surface area contributed by atoms with Gasteiger partial charge in [-0.25, -0.2) is 9.97 Å². The predicted molar refractivity (Wildman–Crippen MR) is 82.0 cm³/mol. The second-order valence-corrected chi connectivity index (χ2v) is 4.60. The molecule has 0 atom stereocenters. The van der Waals surface area contributed by atoms with Gasteiger partial charge in [0.1, 0.15) is 17.5 Å². The Kier molecular flexibility index (Phi) is 6.76. The minimum absolute atomic E-state index is 0.0484. The monoisotopic (exact) mass is 279 g/mol. The molecule has 0 bridgehead atoms. The van der Waals surface area contributed by atoms with Crippen LogP contribution in [0.1, 0.15) is 33.0 Å². The number of likely N-dealkylation sites (N-methyl/N-ethyl adjacent to an activating group) is 1. The lowest BCUT2D eigenvalue weighted by Gasteiger charge is -2.15. The maximum Gasteiger partial charge on any atom is 0.241 e. The number of hydrogen-bond donors (Lipinski definition) is 2. The summed E-state index contributed by atoms with van der Waals surface area (Å²) in [4.78, 5) is 22.2. The predicted octanol–water partition coefficient (Wildman–Crippen LogP) is 1.75. The maximum absolute atomic E-state index is 11.8. The zero-order valence-electron chi connectivity index (χ0n) is 12.9. The highest BCUT2D eigenvalue weighted by Gasteiger charge is 2.08. The lowest BCUT2D eigenvalue weighted by molar-refractivity contribution is -0.127. The van der Waals surface area contributed by atoms with E-state index < -0.39 is 0 Å². The van der Waals surface area contributed by atoms with Gasteiger partial charge in [-0.2, -0.15) is 0 Å². The van der Waals surface area contributed by atoms with Crippen LogP contribution in [0.5, 0.6) is 0 Å². The fourth-order valence-corrected chi connectivity index (χ4v) is 1.57. The van der Waals surface area contributed by atoms with Crippen LogP contribution in [0.25, 0.3) is 0 Å². The van der Waals surface area contributed by atoms with Gasteiger partial charge in [0.05, 0.1) is 6.54 Å². The van der Waals surface area contributed by atoms with Gasteiger partial charge in [0.25, 0.3) is 0 Å². The molecule has 0 aliphatic carbocycles. The highest BCUT2D eigenvalue weighted by molar-refractivity contribution is 5.80. The second kappa shape index (κ2) is 8.35. The SMILES string of the molecule is CCCNc1cc(NCC(=O)N(C)CC)nc(CC)n1. The number of rotatable bonds is 8. The zero-order valence-corrected chi connectivity index (χ0v) is 12.9. The first-order chi connectivity index (χ1) is 9.60. The van der Waals surface area contributed by atoms with Gasteiger partial charge in [0.2, 0.25) is 5.91 Å². The first-order valence-corrected chi connectivity index (χ1v) is 7.20. The van der Waals surface area contributed by atoms with Crippen molar-refractivity contribution in [3.63, 3.8) is 0 Å². The van der Waals surface area contributed by atoms with Crippen LogP contribution in [0, 0.1) is 0 Å². The summed E-state index contributed by atoms with van der Waals surface area (Å²) in [6.45, 7) is 7.89. The Hall–Kier alpha value is -1.85. The van der Waals surface area contributed by atoms with Crippen LogP contribution in [0.4, 0.5) is 11.6 Å². The molecule has 0 aliphatic rings. The second-order valence-electron chi connectivity index (χ2n) is 4.60. The summed E-state index contributed by atoms with van der Waals surface area (Å²) in [5.74, 6) is 2.31. The Bertz CT molecular complexity index is 436. The van der Waals surface area contributed by atoms with E-state index in [9.17, 15) is 4.79 Å². The van der Waals surface area contributed by atoms with Crippen molar-refractivity contribution in [2.45, 2.75) is 33.6 Å². The van der Waals surface area contributed by atoms with E-state index >= 15 is 0 Å². The van der Waals surface area contributed by atoms with Gasteiger partial charge >= 0.3 is 0 Å². The van der Waals surface area contributed by atoms with Crippen molar-refractivity contribution in [2.75, 3.05) is 37.3 Å². The fourth-order valence-electron chi connectivity index (χ4n) is 1.57. The number of amides is 1. The van der Waals surface area contributed by atoms with Crippen LogP contribution in [-0.4, -0.2) is 47.5 Å². The number of nitrogens with zero attached hydrogens (tertiary/aromatic N) is 3. The zero-order chi connectivity index (χ0) is 15.0. The van der Waals surface area contributed by atoms with Gasteiger partial charge in [-0.15, -0.1) is 0 Å². The van der Waals surface area contributed by atoms with Crippen LogP contribution < -0.4 is 10.6 Å². The Morgan fingerprint density at radius 2 is 1.85 bits per heavy atom. The number of anilines is 2. The molecule has 6 nitrogen and oxygen atoms in total. The van der Waals surface area contributed by atoms with Crippen molar-refractivity contribution in [3.8, 4) is 0 Å². The number of hydrogen-bond acceptors (Lipinski definition) is 5. The molecular weight excluding hydrogens is 254 g/mol. The Balaban J connectivity index is 2.70. The van der Waals surface area contributed by atoms with E-state index in [-0.39, 0.29) is 12.5 Å².